The molecule has 0 radical (unpaired) electrons. The number of hydrogen-bond donors (Lipinski definition) is 2. The number of allylic oxidation sites excluding steroid dienone is 4. The van der Waals surface area contributed by atoms with Crippen molar-refractivity contribution in [2.75, 3.05) is 5.32 Å². The van der Waals surface area contributed by atoms with Crippen LogP contribution in [0.3, 0.4) is 0 Å². The standard InChI is InChI=1S/C21H16NOP.C19H17N2OP.C17H14NOP/c23-21-19-14-8-7-9-16(19)15-20(22-21)24(17-10-3-1-4-11-17)18-12-5-2-6-13-18;1-15(22)20-18-13-8-14-19(21-18)23(16-9-4-2-5-10-16)17-11-6-3-7-12-17;19-16-12-7-13-17(18-16)20(14-8-3-1-4-9-14)15-10-5-2-6-11-15/h1-15,19H;2-14H,1H3,(H,20,21,22);1-13H,(H,18,19). The third kappa shape index (κ3) is 12.4. The maximum absolute atomic E-state index is 12.5. The summed E-state index contributed by atoms with van der Waals surface area (Å²) < 4.78 is 0. The van der Waals surface area contributed by atoms with Crippen molar-refractivity contribution in [2.24, 2.45) is 10.9 Å². The highest BCUT2D eigenvalue weighted by atomic mass is 31.1. The lowest BCUT2D eigenvalue weighted by molar-refractivity contribution is -0.119. The first-order valence-corrected chi connectivity index (χ1v) is 25.8. The van der Waals surface area contributed by atoms with E-state index in [1.807, 2.05) is 164 Å². The van der Waals surface area contributed by atoms with Crippen molar-refractivity contribution in [3.8, 4) is 0 Å². The molecule has 6 aromatic carbocycles. The Morgan fingerprint density at radius 2 is 0.955 bits per heavy atom. The van der Waals surface area contributed by atoms with E-state index < -0.39 is 23.8 Å². The Kier molecular flexibility index (Phi) is 16.1. The van der Waals surface area contributed by atoms with Gasteiger partial charge in [-0.2, -0.15) is 0 Å². The maximum atomic E-state index is 12.5. The van der Waals surface area contributed by atoms with Gasteiger partial charge >= 0.3 is 0 Å². The number of dihydropyridines is 1. The van der Waals surface area contributed by atoms with E-state index >= 15 is 0 Å². The number of pyridine rings is 2. The molecule has 67 heavy (non-hydrogen) atoms. The molecule has 2 aromatic heterocycles. The Balaban J connectivity index is 0.000000137. The van der Waals surface area contributed by atoms with E-state index in [9.17, 15) is 14.4 Å². The number of carbonyl (C=O) groups excluding carboxylic acids is 2. The van der Waals surface area contributed by atoms with Gasteiger partial charge in [0, 0.05) is 36.8 Å². The number of H-pyrrole nitrogens is 1. The Morgan fingerprint density at radius 3 is 1.42 bits per heavy atom. The second kappa shape index (κ2) is 23.3. The number of aliphatic imine (C=N–C) groups is 1. The van der Waals surface area contributed by atoms with Crippen LogP contribution in [0.2, 0.25) is 0 Å². The monoisotopic (exact) mass is 928 g/mol. The number of fused-ring (bicyclic) bond motifs is 1. The fourth-order valence-corrected chi connectivity index (χ4v) is 14.2. The minimum Gasteiger partial charge on any atom is -0.322 e. The lowest BCUT2D eigenvalue weighted by atomic mass is 9.92. The Labute approximate surface area is 395 Å². The SMILES string of the molecule is CC(=O)Nc1cccc(P(c2ccccc2)c2ccccc2)n1.O=C1N=C(P(c2ccccc2)c2ccccc2)C=C2C=CC=CC12.O=c1cccc(P(c2ccccc2)c2ccccc2)[nH]1. The Hall–Kier alpha value is -7.26. The second-order valence-corrected chi connectivity index (χ2v) is 21.7. The quantitative estimate of drug-likeness (QED) is 0.134. The molecular formula is C57H47N4O3P3. The highest BCUT2D eigenvalue weighted by molar-refractivity contribution is 7.88. The molecule has 10 rings (SSSR count). The summed E-state index contributed by atoms with van der Waals surface area (Å²) in [5, 5.41) is 10.1. The van der Waals surface area contributed by atoms with Gasteiger partial charge in [0.15, 0.2) is 0 Å². The van der Waals surface area contributed by atoms with E-state index in [4.69, 9.17) is 0 Å². The third-order valence-corrected chi connectivity index (χ3v) is 17.5. The molecule has 1 unspecified atom stereocenters. The van der Waals surface area contributed by atoms with Crippen molar-refractivity contribution in [1.82, 2.24) is 9.97 Å². The zero-order valence-corrected chi connectivity index (χ0v) is 39.4. The van der Waals surface area contributed by atoms with E-state index in [1.54, 1.807) is 6.07 Å². The van der Waals surface area contributed by atoms with Crippen molar-refractivity contribution in [2.45, 2.75) is 6.92 Å². The minimum absolute atomic E-state index is 0.0538. The number of anilines is 1. The first-order valence-electron chi connectivity index (χ1n) is 21.7. The van der Waals surface area contributed by atoms with Crippen molar-refractivity contribution in [3.63, 3.8) is 0 Å². The molecule has 0 saturated carbocycles. The van der Waals surface area contributed by atoms with Crippen molar-refractivity contribution in [3.05, 3.63) is 265 Å². The Bertz CT molecular complexity index is 2960. The fourth-order valence-electron chi connectivity index (χ4n) is 7.48. The summed E-state index contributed by atoms with van der Waals surface area (Å²) >= 11 is 0. The van der Waals surface area contributed by atoms with Gasteiger partial charge in [-0.1, -0.05) is 218 Å². The summed E-state index contributed by atoms with van der Waals surface area (Å²) in [6, 6.07) is 73.2. The van der Waals surface area contributed by atoms with Crippen LogP contribution in [0.4, 0.5) is 5.82 Å². The topological polar surface area (TPSA) is 104 Å². The minimum atomic E-state index is -0.833. The molecule has 0 fully saturated rings. The Morgan fingerprint density at radius 1 is 0.507 bits per heavy atom. The lowest BCUT2D eigenvalue weighted by Crippen LogP contribution is -2.26. The molecule has 1 atom stereocenters. The van der Waals surface area contributed by atoms with E-state index in [1.165, 1.54) is 38.8 Å². The molecule has 0 saturated heterocycles. The van der Waals surface area contributed by atoms with E-state index in [2.05, 4.69) is 99.1 Å². The average Bonchev–Trinajstić information content (AvgIpc) is 3.37. The van der Waals surface area contributed by atoms with Crippen molar-refractivity contribution >= 4 is 89.5 Å². The number of aromatic amines is 1. The lowest BCUT2D eigenvalue weighted by Gasteiger charge is -2.24. The largest absolute Gasteiger partial charge is 0.322 e. The van der Waals surface area contributed by atoms with Gasteiger partial charge in [-0.05, 0) is 61.7 Å². The number of benzene rings is 6. The molecule has 328 valence electrons. The van der Waals surface area contributed by atoms with Crippen molar-refractivity contribution < 1.29 is 9.59 Å². The molecule has 7 nitrogen and oxygen atoms in total. The van der Waals surface area contributed by atoms with Gasteiger partial charge in [-0.3, -0.25) is 14.4 Å². The van der Waals surface area contributed by atoms with Crippen LogP contribution in [-0.4, -0.2) is 27.2 Å². The number of carbonyl (C=O) groups is 2. The molecule has 2 N–H and O–H groups in total. The van der Waals surface area contributed by atoms with E-state index in [0.29, 0.717) is 5.82 Å². The van der Waals surface area contributed by atoms with Crippen LogP contribution in [0.15, 0.2) is 264 Å². The summed E-state index contributed by atoms with van der Waals surface area (Å²) in [6.45, 7) is 1.49. The number of hydrogen-bond acceptors (Lipinski definition) is 4. The van der Waals surface area contributed by atoms with Gasteiger partial charge < -0.3 is 10.3 Å². The van der Waals surface area contributed by atoms with E-state index in [-0.39, 0.29) is 23.3 Å². The average molecular weight is 929 g/mol. The molecule has 3 heterocycles. The molecule has 2 aliphatic rings. The van der Waals surface area contributed by atoms with Gasteiger partial charge in [-0.15, -0.1) is 0 Å². The summed E-state index contributed by atoms with van der Waals surface area (Å²) in [5.41, 5.74) is 3.81. The first kappa shape index (κ1) is 46.3. The first-order chi connectivity index (χ1) is 32.9. The van der Waals surface area contributed by atoms with Crippen LogP contribution in [-0.2, 0) is 9.59 Å². The molecule has 10 heteroatoms. The molecule has 2 amide bonds. The predicted molar refractivity (Wildman–Crippen MR) is 284 cm³/mol. The molecule has 1 aliphatic heterocycles. The number of nitrogens with one attached hydrogen (secondary N) is 2. The fraction of sp³-hybridized carbons (Fsp3) is 0.0351. The molecule has 0 spiro atoms. The van der Waals surface area contributed by atoms with Crippen LogP contribution in [0.1, 0.15) is 6.92 Å². The van der Waals surface area contributed by atoms with Crippen LogP contribution in [0, 0.1) is 5.92 Å². The zero-order valence-electron chi connectivity index (χ0n) is 36.7. The highest BCUT2D eigenvalue weighted by Crippen LogP contribution is 2.40. The summed E-state index contributed by atoms with van der Waals surface area (Å²) in [6.07, 6.45) is 9.92. The highest BCUT2D eigenvalue weighted by Gasteiger charge is 2.29. The van der Waals surface area contributed by atoms with Crippen LogP contribution < -0.4 is 53.6 Å². The van der Waals surface area contributed by atoms with Crippen LogP contribution >= 0.6 is 23.8 Å². The predicted octanol–water partition coefficient (Wildman–Crippen LogP) is 8.66. The van der Waals surface area contributed by atoms with Gasteiger partial charge in [0.05, 0.1) is 22.2 Å². The zero-order chi connectivity index (χ0) is 46.2. The summed E-state index contributed by atoms with van der Waals surface area (Å²) in [4.78, 5) is 47.5. The smallest absolute Gasteiger partial charge is 0.257 e. The normalized spacial score (nSPS) is 13.6. The number of rotatable bonds is 10. The summed E-state index contributed by atoms with van der Waals surface area (Å²) in [5.74, 6) is 0.192. The van der Waals surface area contributed by atoms with Gasteiger partial charge in [0.1, 0.15) is 5.82 Å². The van der Waals surface area contributed by atoms with Crippen LogP contribution in [0.25, 0.3) is 0 Å². The molecular weight excluding hydrogens is 882 g/mol. The van der Waals surface area contributed by atoms with Crippen molar-refractivity contribution in [1.29, 1.82) is 0 Å². The maximum Gasteiger partial charge on any atom is 0.257 e. The number of amides is 2. The van der Waals surface area contributed by atoms with Gasteiger partial charge in [0.2, 0.25) is 11.5 Å². The number of aromatic nitrogens is 2. The van der Waals surface area contributed by atoms with Gasteiger partial charge in [-0.25, -0.2) is 9.98 Å². The molecule has 0 bridgehead atoms. The van der Waals surface area contributed by atoms with Gasteiger partial charge in [0.25, 0.3) is 5.91 Å². The number of nitrogens with zero attached hydrogens (tertiary/aromatic N) is 2. The molecule has 1 aliphatic carbocycles. The third-order valence-electron chi connectivity index (χ3n) is 10.4. The summed E-state index contributed by atoms with van der Waals surface area (Å²) in [7, 11) is -2.30. The van der Waals surface area contributed by atoms with Crippen LogP contribution in [0.5, 0.6) is 0 Å². The van der Waals surface area contributed by atoms with E-state index in [0.717, 1.165) is 21.9 Å². The molecule has 8 aromatic rings. The second-order valence-electron chi connectivity index (χ2n) is 15.2.